The number of nitrogens with two attached hydrogens (primary N) is 1. The van der Waals surface area contributed by atoms with Gasteiger partial charge in [-0.3, -0.25) is 4.99 Å². The van der Waals surface area contributed by atoms with Crippen LogP contribution in [-0.2, 0) is 4.74 Å². The van der Waals surface area contributed by atoms with Crippen molar-refractivity contribution in [2.24, 2.45) is 10.7 Å². The van der Waals surface area contributed by atoms with Crippen molar-refractivity contribution in [1.29, 1.82) is 0 Å². The van der Waals surface area contributed by atoms with Crippen molar-refractivity contribution in [2.75, 3.05) is 46.4 Å². The van der Waals surface area contributed by atoms with Crippen LogP contribution in [0.3, 0.4) is 0 Å². The third-order valence-electron chi connectivity index (χ3n) is 2.27. The third kappa shape index (κ3) is 13.9. The Bertz CT molecular complexity index is 190. The summed E-state index contributed by atoms with van der Waals surface area (Å²) in [6.45, 7) is 9.23. The third-order valence-corrected chi connectivity index (χ3v) is 2.27. The second kappa shape index (κ2) is 14.0. The van der Waals surface area contributed by atoms with Crippen LogP contribution in [0.2, 0.25) is 0 Å². The minimum atomic E-state index is 0. The summed E-state index contributed by atoms with van der Waals surface area (Å²) >= 11 is 0. The minimum Gasteiger partial charge on any atom is -0.382 e. The van der Waals surface area contributed by atoms with Gasteiger partial charge < -0.3 is 20.7 Å². The van der Waals surface area contributed by atoms with Gasteiger partial charge in [0, 0.05) is 32.8 Å². The quantitative estimate of drug-likeness (QED) is 0.278. The van der Waals surface area contributed by atoms with Gasteiger partial charge in [-0.15, -0.1) is 24.0 Å². The molecule has 0 saturated heterocycles. The smallest absolute Gasteiger partial charge is 0.188 e. The zero-order chi connectivity index (χ0) is 12.2. The highest BCUT2D eigenvalue weighted by Gasteiger charge is 1.94. The highest BCUT2D eigenvalue weighted by Crippen LogP contribution is 1.83. The molecule has 0 heterocycles. The fourth-order valence-corrected chi connectivity index (χ4v) is 1.10. The number of hydrogen-bond acceptors (Lipinski definition) is 3. The molecule has 0 saturated carbocycles. The van der Waals surface area contributed by atoms with E-state index in [1.165, 1.54) is 0 Å². The molecule has 0 aliphatic heterocycles. The Morgan fingerprint density at radius 1 is 1.41 bits per heavy atom. The number of halogens is 1. The lowest BCUT2D eigenvalue weighted by Gasteiger charge is -2.14. The molecule has 0 aromatic heterocycles. The molecule has 6 heteroatoms. The number of aliphatic imine (C=N–C) groups is 1. The number of hydrogen-bond donors (Lipinski definition) is 2. The molecule has 3 N–H and O–H groups in total. The number of ether oxygens (including phenoxy) is 1. The van der Waals surface area contributed by atoms with Gasteiger partial charge in [0.1, 0.15) is 0 Å². The van der Waals surface area contributed by atoms with Crippen molar-refractivity contribution < 1.29 is 4.74 Å². The van der Waals surface area contributed by atoms with Gasteiger partial charge in [0.2, 0.25) is 0 Å². The maximum Gasteiger partial charge on any atom is 0.188 e. The Hall–Kier alpha value is -0.0800. The standard InChI is InChI=1S/C11H26N4O.HI/c1-4-15(3)9-8-14-11(12)13-7-6-10-16-5-2;/h4-10H2,1-3H3,(H3,12,13,14);1H. The molecule has 17 heavy (non-hydrogen) atoms. The van der Waals surface area contributed by atoms with E-state index < -0.39 is 0 Å². The Kier molecular flexibility index (Phi) is 15.8. The first-order chi connectivity index (χ1) is 7.70. The van der Waals surface area contributed by atoms with E-state index in [2.05, 4.69) is 29.2 Å². The van der Waals surface area contributed by atoms with Gasteiger partial charge in [0.25, 0.3) is 0 Å². The van der Waals surface area contributed by atoms with Crippen LogP contribution in [0, 0.1) is 0 Å². The van der Waals surface area contributed by atoms with Crippen molar-refractivity contribution in [3.05, 3.63) is 0 Å². The van der Waals surface area contributed by atoms with E-state index in [0.29, 0.717) is 5.96 Å². The zero-order valence-electron chi connectivity index (χ0n) is 11.2. The molecule has 0 rings (SSSR count). The van der Waals surface area contributed by atoms with Crippen molar-refractivity contribution in [3.8, 4) is 0 Å². The summed E-state index contributed by atoms with van der Waals surface area (Å²) in [6, 6.07) is 0. The van der Waals surface area contributed by atoms with Crippen molar-refractivity contribution >= 4 is 29.9 Å². The molecule has 0 aliphatic carbocycles. The summed E-state index contributed by atoms with van der Waals surface area (Å²) in [4.78, 5) is 6.42. The number of nitrogens with zero attached hydrogens (tertiary/aromatic N) is 2. The van der Waals surface area contributed by atoms with Crippen LogP contribution in [-0.4, -0.2) is 57.3 Å². The van der Waals surface area contributed by atoms with Crippen LogP contribution >= 0.6 is 24.0 Å². The van der Waals surface area contributed by atoms with Gasteiger partial charge >= 0.3 is 0 Å². The van der Waals surface area contributed by atoms with Crippen LogP contribution in [0.25, 0.3) is 0 Å². The summed E-state index contributed by atoms with van der Waals surface area (Å²) in [5, 5.41) is 3.08. The molecule has 0 unspecified atom stereocenters. The van der Waals surface area contributed by atoms with E-state index >= 15 is 0 Å². The molecular formula is C11H27IN4O. The first-order valence-corrected chi connectivity index (χ1v) is 6.00. The number of rotatable bonds is 9. The van der Waals surface area contributed by atoms with Crippen LogP contribution < -0.4 is 11.1 Å². The molecule has 0 aliphatic rings. The molecule has 0 bridgehead atoms. The SMILES string of the molecule is CCOCCCN=C(N)NCCN(C)CC.I. The summed E-state index contributed by atoms with van der Waals surface area (Å²) in [5.74, 6) is 0.529. The minimum absolute atomic E-state index is 0. The maximum absolute atomic E-state index is 5.70. The molecule has 0 radical (unpaired) electrons. The number of nitrogens with one attached hydrogen (secondary N) is 1. The number of guanidine groups is 1. The Labute approximate surface area is 122 Å². The molecule has 0 spiro atoms. The van der Waals surface area contributed by atoms with E-state index in [4.69, 9.17) is 10.5 Å². The molecule has 0 amide bonds. The normalized spacial score (nSPS) is 11.4. The van der Waals surface area contributed by atoms with Gasteiger partial charge in [0.15, 0.2) is 5.96 Å². The van der Waals surface area contributed by atoms with E-state index in [0.717, 1.165) is 45.8 Å². The van der Waals surface area contributed by atoms with Gasteiger partial charge in [-0.1, -0.05) is 6.92 Å². The van der Waals surface area contributed by atoms with Crippen molar-refractivity contribution in [1.82, 2.24) is 10.2 Å². The molecule has 104 valence electrons. The Morgan fingerprint density at radius 2 is 2.12 bits per heavy atom. The van der Waals surface area contributed by atoms with E-state index in [1.54, 1.807) is 0 Å². The first kappa shape index (κ1) is 19.3. The fraction of sp³-hybridized carbons (Fsp3) is 0.909. The van der Waals surface area contributed by atoms with Gasteiger partial charge in [-0.2, -0.15) is 0 Å². The predicted molar refractivity (Wildman–Crippen MR) is 84.2 cm³/mol. The summed E-state index contributed by atoms with van der Waals surface area (Å²) in [6.07, 6.45) is 0.922. The largest absolute Gasteiger partial charge is 0.382 e. The van der Waals surface area contributed by atoms with E-state index in [1.807, 2.05) is 6.92 Å². The lowest BCUT2D eigenvalue weighted by atomic mass is 10.4. The summed E-state index contributed by atoms with van der Waals surface area (Å²) in [7, 11) is 2.08. The fourth-order valence-electron chi connectivity index (χ4n) is 1.10. The molecule has 0 fully saturated rings. The maximum atomic E-state index is 5.70. The van der Waals surface area contributed by atoms with Gasteiger partial charge in [-0.25, -0.2) is 0 Å². The topological polar surface area (TPSA) is 62.9 Å². The van der Waals surface area contributed by atoms with Crippen molar-refractivity contribution in [2.45, 2.75) is 20.3 Å². The van der Waals surface area contributed by atoms with Crippen LogP contribution in [0.1, 0.15) is 20.3 Å². The molecular weight excluding hydrogens is 331 g/mol. The van der Waals surface area contributed by atoms with Crippen LogP contribution in [0.15, 0.2) is 4.99 Å². The lowest BCUT2D eigenvalue weighted by molar-refractivity contribution is 0.146. The van der Waals surface area contributed by atoms with Gasteiger partial charge in [0.05, 0.1) is 0 Å². The zero-order valence-corrected chi connectivity index (χ0v) is 13.6. The second-order valence-electron chi connectivity index (χ2n) is 3.64. The Morgan fingerprint density at radius 3 is 2.71 bits per heavy atom. The average molecular weight is 358 g/mol. The monoisotopic (exact) mass is 358 g/mol. The summed E-state index contributed by atoms with van der Waals surface area (Å²) < 4.78 is 5.21. The molecule has 5 nitrogen and oxygen atoms in total. The van der Waals surface area contributed by atoms with Crippen molar-refractivity contribution in [3.63, 3.8) is 0 Å². The van der Waals surface area contributed by atoms with E-state index in [9.17, 15) is 0 Å². The van der Waals surface area contributed by atoms with Gasteiger partial charge in [-0.05, 0) is 26.9 Å². The number of likely N-dealkylation sites (N-methyl/N-ethyl adjacent to an activating group) is 1. The first-order valence-electron chi connectivity index (χ1n) is 6.00. The molecule has 0 aromatic rings. The highest BCUT2D eigenvalue weighted by molar-refractivity contribution is 14.0. The average Bonchev–Trinajstić information content (AvgIpc) is 2.28. The van der Waals surface area contributed by atoms with Crippen LogP contribution in [0.5, 0.6) is 0 Å². The lowest BCUT2D eigenvalue weighted by Crippen LogP contribution is -2.37. The predicted octanol–water partition coefficient (Wildman–Crippen LogP) is 0.887. The highest BCUT2D eigenvalue weighted by atomic mass is 127. The molecule has 0 aromatic carbocycles. The second-order valence-corrected chi connectivity index (χ2v) is 3.64. The summed E-state index contributed by atoms with van der Waals surface area (Å²) in [5.41, 5.74) is 5.70. The van der Waals surface area contributed by atoms with E-state index in [-0.39, 0.29) is 24.0 Å². The van der Waals surface area contributed by atoms with Crippen LogP contribution in [0.4, 0.5) is 0 Å². The Balaban J connectivity index is 0. The molecule has 0 atom stereocenters.